The number of methoxy groups -OCH3 is 1. The lowest BCUT2D eigenvalue weighted by Crippen LogP contribution is -2.49. The van der Waals surface area contributed by atoms with Crippen LogP contribution in [0.15, 0.2) is 53.6 Å². The molecule has 1 aromatic carbocycles. The number of pyridine rings is 1. The SMILES string of the molecule is COCCC(=O)N1CCC2(C1)CN(Cc1ccccn1)S(=O)(=O)c1ccccc1O2.O=C(O)C(F)(F)F. The van der Waals surface area contributed by atoms with E-state index in [9.17, 15) is 26.4 Å². The molecule has 4 rings (SSSR count). The van der Waals surface area contributed by atoms with Crippen molar-refractivity contribution < 1.29 is 45.8 Å². The molecule has 0 aliphatic carbocycles. The molecule has 0 radical (unpaired) electrons. The molecule has 2 aliphatic heterocycles. The van der Waals surface area contributed by atoms with E-state index in [1.54, 1.807) is 54.6 Å². The first-order chi connectivity index (χ1) is 17.4. The third kappa shape index (κ3) is 6.96. The normalized spacial score (nSPS) is 20.8. The van der Waals surface area contributed by atoms with Crippen LogP contribution in [0.25, 0.3) is 0 Å². The second kappa shape index (κ2) is 11.4. The van der Waals surface area contributed by atoms with E-state index in [1.165, 1.54) is 4.31 Å². The van der Waals surface area contributed by atoms with Crippen molar-refractivity contribution in [3.8, 4) is 5.75 Å². The van der Waals surface area contributed by atoms with Crippen molar-refractivity contribution in [3.05, 3.63) is 54.4 Å². The number of likely N-dealkylation sites (tertiary alicyclic amines) is 1. The highest BCUT2D eigenvalue weighted by atomic mass is 32.2. The molecule has 14 heteroatoms. The molecule has 0 saturated carbocycles. The van der Waals surface area contributed by atoms with Gasteiger partial charge in [-0.2, -0.15) is 17.5 Å². The molecule has 0 bridgehead atoms. The van der Waals surface area contributed by atoms with E-state index in [2.05, 4.69) is 4.98 Å². The third-order valence-electron chi connectivity index (χ3n) is 5.75. The number of carboxylic acid groups (broad SMARTS) is 1. The Morgan fingerprint density at radius 3 is 2.46 bits per heavy atom. The summed E-state index contributed by atoms with van der Waals surface area (Å²) in [6, 6.07) is 12.1. The van der Waals surface area contributed by atoms with Gasteiger partial charge < -0.3 is 19.5 Å². The highest BCUT2D eigenvalue weighted by Crippen LogP contribution is 2.39. The van der Waals surface area contributed by atoms with Crippen molar-refractivity contribution in [2.24, 2.45) is 0 Å². The number of rotatable bonds is 5. The molecule has 1 spiro atoms. The summed E-state index contributed by atoms with van der Waals surface area (Å²) in [4.78, 5) is 27.6. The van der Waals surface area contributed by atoms with Gasteiger partial charge >= 0.3 is 12.1 Å². The lowest BCUT2D eigenvalue weighted by Gasteiger charge is -2.31. The van der Waals surface area contributed by atoms with Gasteiger partial charge in [-0.05, 0) is 24.3 Å². The lowest BCUT2D eigenvalue weighted by atomic mass is 10.0. The molecule has 2 aliphatic rings. The first-order valence-corrected chi connectivity index (χ1v) is 12.6. The topological polar surface area (TPSA) is 126 Å². The van der Waals surface area contributed by atoms with Crippen molar-refractivity contribution in [1.82, 2.24) is 14.2 Å². The second-order valence-electron chi connectivity index (χ2n) is 8.44. The summed E-state index contributed by atoms with van der Waals surface area (Å²) in [5, 5.41) is 7.12. The Balaban J connectivity index is 0.000000479. The van der Waals surface area contributed by atoms with E-state index < -0.39 is 27.8 Å². The number of hydrogen-bond acceptors (Lipinski definition) is 7. The molecule has 1 fully saturated rings. The summed E-state index contributed by atoms with van der Waals surface area (Å²) in [5.41, 5.74) is -0.154. The van der Waals surface area contributed by atoms with Crippen molar-refractivity contribution in [2.45, 2.75) is 36.1 Å². The molecule has 1 atom stereocenters. The van der Waals surface area contributed by atoms with Gasteiger partial charge in [-0.1, -0.05) is 18.2 Å². The quantitative estimate of drug-likeness (QED) is 0.607. The van der Waals surface area contributed by atoms with Crippen LogP contribution in [-0.4, -0.2) is 84.7 Å². The fraction of sp³-hybridized carbons (Fsp3) is 0.435. The number of nitrogens with zero attached hydrogens (tertiary/aromatic N) is 3. The zero-order valence-electron chi connectivity index (χ0n) is 19.8. The summed E-state index contributed by atoms with van der Waals surface area (Å²) >= 11 is 0. The molecule has 1 N–H and O–H groups in total. The number of aliphatic carboxylic acids is 1. The molecule has 2 aromatic rings. The Hall–Kier alpha value is -3.23. The summed E-state index contributed by atoms with van der Waals surface area (Å²) in [6.45, 7) is 1.49. The first kappa shape index (κ1) is 28.3. The third-order valence-corrected chi connectivity index (χ3v) is 7.59. The zero-order valence-corrected chi connectivity index (χ0v) is 20.7. The fourth-order valence-corrected chi connectivity index (χ4v) is 5.59. The van der Waals surface area contributed by atoms with Crippen molar-refractivity contribution in [2.75, 3.05) is 33.4 Å². The zero-order chi connectivity index (χ0) is 27.3. The Morgan fingerprint density at radius 2 is 1.84 bits per heavy atom. The van der Waals surface area contributed by atoms with Gasteiger partial charge in [0, 0.05) is 26.3 Å². The van der Waals surface area contributed by atoms with Crippen LogP contribution in [0.4, 0.5) is 13.2 Å². The van der Waals surface area contributed by atoms with Crippen LogP contribution in [0.5, 0.6) is 5.75 Å². The van der Waals surface area contributed by atoms with Crippen LogP contribution in [0.3, 0.4) is 0 Å². The van der Waals surface area contributed by atoms with E-state index in [0.717, 1.165) is 0 Å². The number of alkyl halides is 3. The number of sulfonamides is 1. The van der Waals surface area contributed by atoms with Crippen LogP contribution >= 0.6 is 0 Å². The number of para-hydroxylation sites is 1. The fourth-order valence-electron chi connectivity index (χ4n) is 3.99. The van der Waals surface area contributed by atoms with Gasteiger partial charge in [0.25, 0.3) is 0 Å². The second-order valence-corrected chi connectivity index (χ2v) is 10.3. The predicted molar refractivity (Wildman–Crippen MR) is 123 cm³/mol. The molecule has 202 valence electrons. The van der Waals surface area contributed by atoms with Gasteiger partial charge in [-0.3, -0.25) is 9.78 Å². The Morgan fingerprint density at radius 1 is 1.16 bits per heavy atom. The molecule has 37 heavy (non-hydrogen) atoms. The Labute approximate surface area is 211 Å². The molecular formula is C23H26F3N3O7S. The van der Waals surface area contributed by atoms with E-state index in [0.29, 0.717) is 44.0 Å². The molecule has 1 saturated heterocycles. The smallest absolute Gasteiger partial charge is 0.483 e. The van der Waals surface area contributed by atoms with Crippen LogP contribution in [0, 0.1) is 0 Å². The number of ether oxygens (including phenoxy) is 2. The minimum Gasteiger partial charge on any atom is -0.483 e. The number of hydrogen-bond donors (Lipinski definition) is 1. The maximum atomic E-state index is 13.4. The number of halogens is 3. The van der Waals surface area contributed by atoms with E-state index in [4.69, 9.17) is 19.4 Å². The number of carboxylic acids is 1. The monoisotopic (exact) mass is 545 g/mol. The number of carbonyl (C=O) groups excluding carboxylic acids is 1. The number of fused-ring (bicyclic) bond motifs is 1. The lowest BCUT2D eigenvalue weighted by molar-refractivity contribution is -0.192. The highest BCUT2D eigenvalue weighted by molar-refractivity contribution is 7.89. The van der Waals surface area contributed by atoms with Crippen LogP contribution < -0.4 is 4.74 Å². The molecule has 10 nitrogen and oxygen atoms in total. The van der Waals surface area contributed by atoms with Gasteiger partial charge in [-0.25, -0.2) is 13.2 Å². The van der Waals surface area contributed by atoms with E-state index >= 15 is 0 Å². The average molecular weight is 546 g/mol. The minimum atomic E-state index is -5.08. The van der Waals surface area contributed by atoms with Gasteiger partial charge in [0.15, 0.2) is 0 Å². The molecular weight excluding hydrogens is 519 g/mol. The van der Waals surface area contributed by atoms with Crippen molar-refractivity contribution in [1.29, 1.82) is 0 Å². The van der Waals surface area contributed by atoms with Crippen molar-refractivity contribution in [3.63, 3.8) is 0 Å². The first-order valence-electron chi connectivity index (χ1n) is 11.1. The number of amides is 1. The minimum absolute atomic E-state index is 0.0195. The number of carbonyl (C=O) groups is 2. The molecule has 1 aromatic heterocycles. The van der Waals surface area contributed by atoms with E-state index in [1.807, 2.05) is 6.07 Å². The van der Waals surface area contributed by atoms with Crippen LogP contribution in [-0.2, 0) is 30.9 Å². The largest absolute Gasteiger partial charge is 0.490 e. The van der Waals surface area contributed by atoms with Crippen LogP contribution in [0.2, 0.25) is 0 Å². The van der Waals surface area contributed by atoms with Gasteiger partial charge in [0.2, 0.25) is 15.9 Å². The number of aromatic nitrogens is 1. The Bertz CT molecular complexity index is 1210. The summed E-state index contributed by atoms with van der Waals surface area (Å²) in [7, 11) is -2.23. The summed E-state index contributed by atoms with van der Waals surface area (Å²) < 4.78 is 71.4. The molecule has 1 amide bonds. The van der Waals surface area contributed by atoms with Crippen molar-refractivity contribution >= 4 is 21.9 Å². The molecule has 3 heterocycles. The van der Waals surface area contributed by atoms with E-state index in [-0.39, 0.29) is 23.9 Å². The maximum absolute atomic E-state index is 13.4. The predicted octanol–water partition coefficient (Wildman–Crippen LogP) is 2.31. The Kier molecular flexibility index (Phi) is 8.76. The highest BCUT2D eigenvalue weighted by Gasteiger charge is 2.48. The molecule has 1 unspecified atom stereocenters. The average Bonchev–Trinajstić information content (AvgIpc) is 3.23. The maximum Gasteiger partial charge on any atom is 0.490 e. The number of benzene rings is 1. The van der Waals surface area contributed by atoms with Gasteiger partial charge in [-0.15, -0.1) is 0 Å². The standard InChI is InChI=1S/C21H25N3O5S.C2HF3O2/c1-28-13-9-20(25)23-12-10-21(15-23)16-24(14-17-6-4-5-11-22-17)30(26,27)19-8-3-2-7-18(19)29-21;3-2(4,5)1(6)7/h2-8,11H,9-10,12-16H2,1H3;(H,6,7). The summed E-state index contributed by atoms with van der Waals surface area (Å²) in [6.07, 6.45) is -2.60. The van der Waals surface area contributed by atoms with Gasteiger partial charge in [0.1, 0.15) is 16.2 Å². The summed E-state index contributed by atoms with van der Waals surface area (Å²) in [5.74, 6) is -2.45. The van der Waals surface area contributed by atoms with Crippen LogP contribution in [0.1, 0.15) is 18.5 Å². The van der Waals surface area contributed by atoms with Gasteiger partial charge in [0.05, 0.1) is 38.4 Å².